The van der Waals surface area contributed by atoms with Crippen LogP contribution in [0.4, 0.5) is 0 Å². The summed E-state index contributed by atoms with van der Waals surface area (Å²) in [5.41, 5.74) is 5.83. The van der Waals surface area contributed by atoms with Gasteiger partial charge in [0.1, 0.15) is 12.1 Å². The minimum atomic E-state index is -1.22. The van der Waals surface area contributed by atoms with Gasteiger partial charge in [-0.15, -0.1) is 0 Å². The number of nitrogens with zero attached hydrogens (tertiary/aromatic N) is 1. The monoisotopic (exact) mass is 240 g/mol. The maximum absolute atomic E-state index is 11.3. The summed E-state index contributed by atoms with van der Waals surface area (Å²) in [6.07, 6.45) is -1.22. The van der Waals surface area contributed by atoms with Gasteiger partial charge in [-0.25, -0.2) is 4.98 Å². The molecule has 1 heterocycles. The molecule has 0 spiro atoms. The van der Waals surface area contributed by atoms with Crippen LogP contribution in [0.2, 0.25) is 0 Å². The Kier molecular flexibility index (Phi) is 4.86. The van der Waals surface area contributed by atoms with Crippen molar-refractivity contribution in [3.8, 4) is 5.88 Å². The lowest BCUT2D eigenvalue weighted by Gasteiger charge is -2.17. The second kappa shape index (κ2) is 6.17. The normalized spacial score (nSPS) is 13.9. The highest BCUT2D eigenvalue weighted by Gasteiger charge is 2.26. The van der Waals surface area contributed by atoms with Gasteiger partial charge in [-0.2, -0.15) is 0 Å². The molecule has 0 saturated carbocycles. The molecule has 0 radical (unpaired) electrons. The third-order valence-corrected chi connectivity index (χ3v) is 2.16. The van der Waals surface area contributed by atoms with Crippen molar-refractivity contribution >= 4 is 5.97 Å². The van der Waals surface area contributed by atoms with Gasteiger partial charge in [0, 0.05) is 6.07 Å². The van der Waals surface area contributed by atoms with Crippen LogP contribution in [0.25, 0.3) is 0 Å². The molecule has 1 rings (SSSR count). The number of nitrogens with two attached hydrogens (primary N) is 1. The summed E-state index contributed by atoms with van der Waals surface area (Å²) in [5.74, 6) is -0.317. The average molecular weight is 240 g/mol. The molecular weight excluding hydrogens is 224 g/mol. The molecule has 6 heteroatoms. The Hall–Kier alpha value is -1.66. The molecule has 1 aromatic rings. The van der Waals surface area contributed by atoms with Crippen molar-refractivity contribution in [2.24, 2.45) is 5.73 Å². The van der Waals surface area contributed by atoms with Gasteiger partial charge in [0.25, 0.3) is 0 Å². The molecule has 17 heavy (non-hydrogen) atoms. The van der Waals surface area contributed by atoms with Crippen LogP contribution in [0.3, 0.4) is 0 Å². The summed E-state index contributed by atoms with van der Waals surface area (Å²) in [4.78, 5) is 15.3. The summed E-state index contributed by atoms with van der Waals surface area (Å²) < 4.78 is 9.63. The van der Waals surface area contributed by atoms with Crippen molar-refractivity contribution in [2.75, 3.05) is 13.7 Å². The lowest BCUT2D eigenvalue weighted by Crippen LogP contribution is -2.38. The molecule has 0 bridgehead atoms. The molecule has 0 aliphatic rings. The number of aromatic nitrogens is 1. The molecule has 0 unspecified atom stereocenters. The van der Waals surface area contributed by atoms with Crippen LogP contribution in [-0.4, -0.2) is 35.8 Å². The minimum absolute atomic E-state index is 0.213. The topological polar surface area (TPSA) is 94.7 Å². The fraction of sp³-hybridized carbons (Fsp3) is 0.455. The molecule has 6 nitrogen and oxygen atoms in total. The van der Waals surface area contributed by atoms with Gasteiger partial charge in [0.2, 0.25) is 5.88 Å². The standard InChI is InChI=1S/C11H16N2O4/c1-3-17-11(15)9(12)10(14)7-5-4-6-8(13-7)16-2/h4-6,9-10,14H,3,12H2,1-2H3/t9-,10-/m0/s1. The highest BCUT2D eigenvalue weighted by molar-refractivity contribution is 5.76. The second-order valence-electron chi connectivity index (χ2n) is 3.33. The van der Waals surface area contributed by atoms with Gasteiger partial charge in [-0.1, -0.05) is 6.07 Å². The van der Waals surface area contributed by atoms with Crippen molar-refractivity contribution < 1.29 is 19.4 Å². The smallest absolute Gasteiger partial charge is 0.326 e. The third kappa shape index (κ3) is 3.40. The molecule has 0 fully saturated rings. The molecule has 3 N–H and O–H groups in total. The van der Waals surface area contributed by atoms with E-state index in [4.69, 9.17) is 15.2 Å². The number of pyridine rings is 1. The molecule has 0 saturated heterocycles. The Morgan fingerprint density at radius 2 is 2.29 bits per heavy atom. The molecular formula is C11H16N2O4. The van der Waals surface area contributed by atoms with Crippen molar-refractivity contribution in [3.05, 3.63) is 23.9 Å². The highest BCUT2D eigenvalue weighted by atomic mass is 16.5. The van der Waals surface area contributed by atoms with E-state index in [2.05, 4.69) is 4.98 Å². The maximum Gasteiger partial charge on any atom is 0.326 e. The molecule has 0 aliphatic carbocycles. The van der Waals surface area contributed by atoms with Crippen molar-refractivity contribution in [3.63, 3.8) is 0 Å². The lowest BCUT2D eigenvalue weighted by molar-refractivity contribution is -0.147. The van der Waals surface area contributed by atoms with E-state index < -0.39 is 18.1 Å². The third-order valence-electron chi connectivity index (χ3n) is 2.16. The fourth-order valence-corrected chi connectivity index (χ4v) is 1.26. The van der Waals surface area contributed by atoms with E-state index in [0.717, 1.165) is 0 Å². The van der Waals surface area contributed by atoms with Gasteiger partial charge in [-0.05, 0) is 13.0 Å². The largest absolute Gasteiger partial charge is 0.481 e. The zero-order chi connectivity index (χ0) is 12.8. The molecule has 1 aromatic heterocycles. The van der Waals surface area contributed by atoms with Crippen LogP contribution in [0, 0.1) is 0 Å². The Balaban J connectivity index is 2.80. The van der Waals surface area contributed by atoms with E-state index >= 15 is 0 Å². The predicted molar refractivity (Wildman–Crippen MR) is 60.4 cm³/mol. The number of aliphatic hydroxyl groups excluding tert-OH is 1. The fourth-order valence-electron chi connectivity index (χ4n) is 1.26. The van der Waals surface area contributed by atoms with Crippen LogP contribution >= 0.6 is 0 Å². The quantitative estimate of drug-likeness (QED) is 0.704. The van der Waals surface area contributed by atoms with Crippen molar-refractivity contribution in [2.45, 2.75) is 19.1 Å². The zero-order valence-corrected chi connectivity index (χ0v) is 9.79. The molecule has 0 aliphatic heterocycles. The number of carbonyl (C=O) groups excluding carboxylic acids is 1. The lowest BCUT2D eigenvalue weighted by atomic mass is 10.1. The Bertz CT molecular complexity index is 383. The first-order valence-electron chi connectivity index (χ1n) is 5.21. The highest BCUT2D eigenvalue weighted by Crippen LogP contribution is 2.17. The van der Waals surface area contributed by atoms with Crippen molar-refractivity contribution in [1.82, 2.24) is 4.98 Å². The Morgan fingerprint density at radius 3 is 2.88 bits per heavy atom. The van der Waals surface area contributed by atoms with E-state index in [0.29, 0.717) is 5.88 Å². The number of rotatable bonds is 5. The Morgan fingerprint density at radius 1 is 1.59 bits per heavy atom. The number of ether oxygens (including phenoxy) is 2. The number of esters is 1. The van der Waals surface area contributed by atoms with Crippen molar-refractivity contribution in [1.29, 1.82) is 0 Å². The van der Waals surface area contributed by atoms with Gasteiger partial charge in [0.05, 0.1) is 19.4 Å². The van der Waals surface area contributed by atoms with Crippen LogP contribution in [0.5, 0.6) is 5.88 Å². The van der Waals surface area contributed by atoms with Crippen LogP contribution < -0.4 is 10.5 Å². The summed E-state index contributed by atoms with van der Waals surface area (Å²) in [5, 5.41) is 9.86. The van der Waals surface area contributed by atoms with Gasteiger partial charge in [-0.3, -0.25) is 4.79 Å². The molecule has 0 amide bonds. The average Bonchev–Trinajstić information content (AvgIpc) is 2.37. The van der Waals surface area contributed by atoms with Crippen LogP contribution in [-0.2, 0) is 9.53 Å². The minimum Gasteiger partial charge on any atom is -0.481 e. The number of aliphatic hydroxyl groups is 1. The summed E-state index contributed by atoms with van der Waals surface area (Å²) >= 11 is 0. The van der Waals surface area contributed by atoms with E-state index in [1.807, 2.05) is 0 Å². The summed E-state index contributed by atoms with van der Waals surface area (Å²) in [7, 11) is 1.46. The van der Waals surface area contributed by atoms with E-state index in [-0.39, 0.29) is 12.3 Å². The number of hydrogen-bond donors (Lipinski definition) is 2. The Labute approximate surface area is 99.4 Å². The number of methoxy groups -OCH3 is 1. The number of carbonyl (C=O) groups is 1. The summed E-state index contributed by atoms with van der Waals surface area (Å²) in [6, 6.07) is 3.69. The van der Waals surface area contributed by atoms with E-state index in [1.165, 1.54) is 7.11 Å². The van der Waals surface area contributed by atoms with Gasteiger partial charge in [0.15, 0.2) is 0 Å². The predicted octanol–water partition coefficient (Wildman–Crippen LogP) is 0.0140. The SMILES string of the molecule is CCOC(=O)[C@@H](N)[C@@H](O)c1cccc(OC)n1. The molecule has 0 aromatic carbocycles. The van der Waals surface area contributed by atoms with E-state index in [9.17, 15) is 9.90 Å². The first-order valence-corrected chi connectivity index (χ1v) is 5.21. The molecule has 2 atom stereocenters. The summed E-state index contributed by atoms with van der Waals surface area (Å²) in [6.45, 7) is 1.88. The van der Waals surface area contributed by atoms with Gasteiger partial charge >= 0.3 is 5.97 Å². The van der Waals surface area contributed by atoms with Crippen LogP contribution in [0.15, 0.2) is 18.2 Å². The van der Waals surface area contributed by atoms with Gasteiger partial charge < -0.3 is 20.3 Å². The first-order chi connectivity index (χ1) is 8.10. The molecule has 94 valence electrons. The first kappa shape index (κ1) is 13.4. The maximum atomic E-state index is 11.3. The second-order valence-corrected chi connectivity index (χ2v) is 3.33. The zero-order valence-electron chi connectivity index (χ0n) is 9.79. The number of hydrogen-bond acceptors (Lipinski definition) is 6. The van der Waals surface area contributed by atoms with E-state index in [1.54, 1.807) is 25.1 Å². The van der Waals surface area contributed by atoms with Crippen LogP contribution in [0.1, 0.15) is 18.7 Å².